The fraction of sp³-hybridized carbons (Fsp3) is 0.0909. The summed E-state index contributed by atoms with van der Waals surface area (Å²) in [7, 11) is -3.89. The number of hydrogen-bond donors (Lipinski definition) is 2. The molecule has 5 nitrogen and oxygen atoms in total. The van der Waals surface area contributed by atoms with E-state index in [1.807, 2.05) is 0 Å². The van der Waals surface area contributed by atoms with Gasteiger partial charge in [-0.3, -0.25) is 4.72 Å². The Morgan fingerprint density at radius 2 is 1.80 bits per heavy atom. The first-order valence-corrected chi connectivity index (χ1v) is 8.23. The molecule has 0 bridgehead atoms. The molecule has 0 aliphatic carbocycles. The summed E-state index contributed by atoms with van der Waals surface area (Å²) in [4.78, 5) is -0.127. The molecule has 0 spiro atoms. The molecule has 2 rings (SSSR count). The fourth-order valence-corrected chi connectivity index (χ4v) is 4.05. The molecule has 1 aromatic heterocycles. The highest BCUT2D eigenvalue weighted by Crippen LogP contribution is 2.29. The van der Waals surface area contributed by atoms with Crippen molar-refractivity contribution in [3.63, 3.8) is 0 Å². The van der Waals surface area contributed by atoms with Gasteiger partial charge >= 0.3 is 0 Å². The normalized spacial score (nSPS) is 11.6. The van der Waals surface area contributed by atoms with Crippen LogP contribution in [-0.2, 0) is 16.6 Å². The van der Waals surface area contributed by atoms with E-state index < -0.39 is 16.6 Å². The van der Waals surface area contributed by atoms with Crippen LogP contribution in [0, 0.1) is 0 Å². The minimum Gasteiger partial charge on any atom is -0.450 e. The summed E-state index contributed by atoms with van der Waals surface area (Å²) in [6, 6.07) is 5.55. The second-order valence-corrected chi connectivity index (χ2v) is 7.02. The minimum atomic E-state index is -3.89. The van der Waals surface area contributed by atoms with Crippen LogP contribution in [0.1, 0.15) is 5.76 Å². The molecular formula is C11H8BrCl2NO4S. The zero-order valence-electron chi connectivity index (χ0n) is 9.73. The number of furan rings is 1. The maximum absolute atomic E-state index is 12.2. The van der Waals surface area contributed by atoms with Crippen LogP contribution in [0.4, 0.5) is 5.69 Å². The Morgan fingerprint density at radius 1 is 1.20 bits per heavy atom. The van der Waals surface area contributed by atoms with Crippen LogP contribution in [0.5, 0.6) is 0 Å². The van der Waals surface area contributed by atoms with Gasteiger partial charge in [0.15, 0.2) is 4.67 Å². The zero-order valence-corrected chi connectivity index (χ0v) is 13.6. The number of halogens is 3. The monoisotopic (exact) mass is 399 g/mol. The van der Waals surface area contributed by atoms with Gasteiger partial charge < -0.3 is 9.52 Å². The Hall–Kier alpha value is -0.730. The Morgan fingerprint density at radius 3 is 2.30 bits per heavy atom. The number of aliphatic hydroxyl groups is 1. The molecular weight excluding hydrogens is 393 g/mol. The standard InChI is InChI=1S/C11H8BrCl2NO4S/c12-11-10(4-9(5-16)19-11)20(17,18)15-8-2-6(13)1-7(14)3-8/h1-4,15-16H,5H2. The Kier molecular flexibility index (Phi) is 4.66. The second-order valence-electron chi connectivity index (χ2n) is 3.77. The molecule has 0 aliphatic rings. The smallest absolute Gasteiger partial charge is 0.266 e. The topological polar surface area (TPSA) is 79.5 Å². The maximum atomic E-state index is 12.2. The molecule has 2 aromatic rings. The Bertz CT molecular complexity index is 725. The third kappa shape index (κ3) is 3.48. The average molecular weight is 401 g/mol. The summed E-state index contributed by atoms with van der Waals surface area (Å²) in [5.74, 6) is 0.126. The number of aliphatic hydroxyl groups excluding tert-OH is 1. The van der Waals surface area contributed by atoms with Gasteiger partial charge in [-0.1, -0.05) is 23.2 Å². The summed E-state index contributed by atoms with van der Waals surface area (Å²) in [6.45, 7) is -0.406. The molecule has 1 heterocycles. The van der Waals surface area contributed by atoms with Crippen molar-refractivity contribution in [3.8, 4) is 0 Å². The summed E-state index contributed by atoms with van der Waals surface area (Å²) >= 11 is 14.6. The molecule has 0 fully saturated rings. The SMILES string of the molecule is O=S(=O)(Nc1cc(Cl)cc(Cl)c1)c1cc(CO)oc1Br. The van der Waals surface area contributed by atoms with Gasteiger partial charge in [0.1, 0.15) is 17.3 Å². The summed E-state index contributed by atoms with van der Waals surface area (Å²) in [5, 5.41) is 9.55. The van der Waals surface area contributed by atoms with Crippen LogP contribution >= 0.6 is 39.1 Å². The Balaban J connectivity index is 2.37. The molecule has 2 N–H and O–H groups in total. The van der Waals surface area contributed by atoms with E-state index in [9.17, 15) is 8.42 Å². The van der Waals surface area contributed by atoms with Gasteiger partial charge in [-0.15, -0.1) is 0 Å². The molecule has 0 saturated heterocycles. The molecule has 0 atom stereocenters. The number of benzene rings is 1. The lowest BCUT2D eigenvalue weighted by molar-refractivity contribution is 0.245. The van der Waals surface area contributed by atoms with Gasteiger partial charge in [-0.05, 0) is 34.1 Å². The molecule has 0 saturated carbocycles. The number of nitrogens with one attached hydrogen (secondary N) is 1. The lowest BCUT2D eigenvalue weighted by Crippen LogP contribution is -2.12. The molecule has 0 radical (unpaired) electrons. The fourth-order valence-electron chi connectivity index (χ4n) is 1.48. The minimum absolute atomic E-state index is 0.00201. The van der Waals surface area contributed by atoms with E-state index in [0.29, 0.717) is 10.0 Å². The van der Waals surface area contributed by atoms with Gasteiger partial charge in [0, 0.05) is 16.1 Å². The van der Waals surface area contributed by atoms with E-state index in [2.05, 4.69) is 20.7 Å². The van der Waals surface area contributed by atoms with Crippen molar-refractivity contribution in [1.82, 2.24) is 0 Å². The average Bonchev–Trinajstić information content (AvgIpc) is 2.69. The molecule has 0 unspecified atom stereocenters. The molecule has 108 valence electrons. The van der Waals surface area contributed by atoms with Crippen molar-refractivity contribution in [3.05, 3.63) is 44.7 Å². The second kappa shape index (κ2) is 5.95. The van der Waals surface area contributed by atoms with Gasteiger partial charge in [-0.25, -0.2) is 8.42 Å². The highest BCUT2D eigenvalue weighted by molar-refractivity contribution is 9.10. The molecule has 1 aromatic carbocycles. The zero-order chi connectivity index (χ0) is 14.9. The van der Waals surface area contributed by atoms with Crippen LogP contribution in [0.15, 0.2) is 38.2 Å². The third-order valence-corrected chi connectivity index (χ3v) is 4.94. The lowest BCUT2D eigenvalue weighted by Gasteiger charge is -2.07. The van der Waals surface area contributed by atoms with Crippen molar-refractivity contribution >= 4 is 54.8 Å². The number of anilines is 1. The van der Waals surface area contributed by atoms with Crippen molar-refractivity contribution in [2.75, 3.05) is 4.72 Å². The van der Waals surface area contributed by atoms with E-state index in [-0.39, 0.29) is 21.0 Å². The van der Waals surface area contributed by atoms with Crippen molar-refractivity contribution in [2.45, 2.75) is 11.5 Å². The predicted molar refractivity (Wildman–Crippen MR) is 79.6 cm³/mol. The predicted octanol–water partition coefficient (Wildman–Crippen LogP) is 3.64. The highest BCUT2D eigenvalue weighted by Gasteiger charge is 2.22. The Labute approximate surface area is 133 Å². The van der Waals surface area contributed by atoms with Crippen LogP contribution in [0.3, 0.4) is 0 Å². The lowest BCUT2D eigenvalue weighted by atomic mass is 10.3. The van der Waals surface area contributed by atoms with Gasteiger partial charge in [-0.2, -0.15) is 0 Å². The van der Waals surface area contributed by atoms with Crippen LogP contribution in [-0.4, -0.2) is 13.5 Å². The maximum Gasteiger partial charge on any atom is 0.266 e. The van der Waals surface area contributed by atoms with Crippen LogP contribution < -0.4 is 4.72 Å². The number of sulfonamides is 1. The van der Waals surface area contributed by atoms with E-state index >= 15 is 0 Å². The summed E-state index contributed by atoms with van der Waals surface area (Å²) < 4.78 is 31.8. The van der Waals surface area contributed by atoms with Crippen LogP contribution in [0.25, 0.3) is 0 Å². The summed E-state index contributed by atoms with van der Waals surface area (Å²) in [5.41, 5.74) is 0.223. The molecule has 9 heteroatoms. The van der Waals surface area contributed by atoms with E-state index in [0.717, 1.165) is 0 Å². The van der Waals surface area contributed by atoms with Gasteiger partial charge in [0.2, 0.25) is 0 Å². The van der Waals surface area contributed by atoms with Gasteiger partial charge in [0.25, 0.3) is 10.0 Å². The summed E-state index contributed by atoms with van der Waals surface area (Å²) in [6.07, 6.45) is 0. The number of rotatable bonds is 4. The molecule has 20 heavy (non-hydrogen) atoms. The highest BCUT2D eigenvalue weighted by atomic mass is 79.9. The van der Waals surface area contributed by atoms with E-state index in [1.165, 1.54) is 24.3 Å². The van der Waals surface area contributed by atoms with E-state index in [4.69, 9.17) is 32.7 Å². The van der Waals surface area contributed by atoms with Crippen LogP contribution in [0.2, 0.25) is 10.0 Å². The van der Waals surface area contributed by atoms with Crippen molar-refractivity contribution in [1.29, 1.82) is 0 Å². The first kappa shape index (κ1) is 15.7. The quantitative estimate of drug-likeness (QED) is 0.820. The molecule has 0 aliphatic heterocycles. The van der Waals surface area contributed by atoms with E-state index in [1.54, 1.807) is 0 Å². The first-order valence-electron chi connectivity index (χ1n) is 5.20. The number of hydrogen-bond acceptors (Lipinski definition) is 4. The third-order valence-electron chi connectivity index (χ3n) is 2.27. The van der Waals surface area contributed by atoms with Crippen molar-refractivity contribution in [2.24, 2.45) is 0 Å². The van der Waals surface area contributed by atoms with Crippen molar-refractivity contribution < 1.29 is 17.9 Å². The molecule has 0 amide bonds. The first-order chi connectivity index (χ1) is 9.31. The van der Waals surface area contributed by atoms with Gasteiger partial charge in [0.05, 0.1) is 5.69 Å². The largest absolute Gasteiger partial charge is 0.450 e.